The molecule has 84 valence electrons. The van der Waals surface area contributed by atoms with Crippen molar-refractivity contribution >= 4 is 27.2 Å². The summed E-state index contributed by atoms with van der Waals surface area (Å²) in [5.74, 6) is -0.306. The van der Waals surface area contributed by atoms with E-state index in [-0.39, 0.29) is 18.0 Å². The molecule has 1 heterocycles. The molecule has 0 bridgehead atoms. The van der Waals surface area contributed by atoms with Crippen molar-refractivity contribution < 1.29 is 13.2 Å². The lowest BCUT2D eigenvalue weighted by Gasteiger charge is -1.97. The monoisotopic (exact) mass is 248 g/mol. The Bertz CT molecular complexity index is 450. The summed E-state index contributed by atoms with van der Waals surface area (Å²) in [6.07, 6.45) is 1.76. The van der Waals surface area contributed by atoms with E-state index in [0.717, 1.165) is 17.8 Å². The minimum absolute atomic E-state index is 0.00963. The Morgan fingerprint density at radius 3 is 2.67 bits per heavy atom. The van der Waals surface area contributed by atoms with Crippen LogP contribution in [0, 0.1) is 0 Å². The average Bonchev–Trinajstić information content (AvgIpc) is 2.60. The van der Waals surface area contributed by atoms with Gasteiger partial charge in [0.1, 0.15) is 14.7 Å². The van der Waals surface area contributed by atoms with E-state index in [1.54, 1.807) is 0 Å². The third kappa shape index (κ3) is 3.67. The van der Waals surface area contributed by atoms with Crippen molar-refractivity contribution in [2.75, 3.05) is 12.0 Å². The maximum atomic E-state index is 11.6. The Hall–Kier alpha value is -0.820. The molecule has 1 aromatic heterocycles. The van der Waals surface area contributed by atoms with Crippen molar-refractivity contribution in [3.05, 3.63) is 10.6 Å². The highest BCUT2D eigenvalue weighted by Gasteiger charge is 2.16. The van der Waals surface area contributed by atoms with Crippen molar-refractivity contribution in [2.45, 2.75) is 19.8 Å². The number of hydrogen-bond donors (Lipinski definition) is 0. The summed E-state index contributed by atoms with van der Waals surface area (Å²) in [6.45, 7) is 1.88. The van der Waals surface area contributed by atoms with Crippen molar-refractivity contribution in [3.8, 4) is 0 Å². The number of nitrogens with zero attached hydrogens (tertiary/aromatic N) is 2. The Labute approximate surface area is 92.6 Å². The van der Waals surface area contributed by atoms with Gasteiger partial charge in [-0.3, -0.25) is 4.79 Å². The first-order valence-corrected chi connectivity index (χ1v) is 7.29. The first kappa shape index (κ1) is 12.3. The standard InChI is InChI=1S/C8H12N2O3S2/c1-3-6-8(14-10-9-6)7(11)4-5-15(2,12)13/h3-5H2,1-2H3. The number of aryl methyl sites for hydroxylation is 1. The van der Waals surface area contributed by atoms with Crippen LogP contribution in [0.25, 0.3) is 0 Å². The number of rotatable bonds is 5. The lowest BCUT2D eigenvalue weighted by atomic mass is 10.2. The fourth-order valence-corrected chi connectivity index (χ4v) is 2.31. The van der Waals surface area contributed by atoms with Gasteiger partial charge in [0.25, 0.3) is 0 Å². The van der Waals surface area contributed by atoms with Gasteiger partial charge in [-0.25, -0.2) is 8.42 Å². The molecule has 0 aliphatic carbocycles. The number of hydrogen-bond acceptors (Lipinski definition) is 6. The fourth-order valence-electron chi connectivity index (χ4n) is 1.04. The molecule has 0 aromatic carbocycles. The molecule has 0 aliphatic rings. The molecule has 5 nitrogen and oxygen atoms in total. The van der Waals surface area contributed by atoms with Crippen LogP contribution in [0.2, 0.25) is 0 Å². The molecule has 0 unspecified atom stereocenters. The van der Waals surface area contributed by atoms with E-state index in [2.05, 4.69) is 9.59 Å². The van der Waals surface area contributed by atoms with Crippen molar-refractivity contribution in [1.29, 1.82) is 0 Å². The molecule has 0 N–H and O–H groups in total. The fraction of sp³-hybridized carbons (Fsp3) is 0.625. The van der Waals surface area contributed by atoms with E-state index in [1.807, 2.05) is 6.92 Å². The van der Waals surface area contributed by atoms with Crippen molar-refractivity contribution in [3.63, 3.8) is 0 Å². The Kier molecular flexibility index (Phi) is 3.92. The van der Waals surface area contributed by atoms with Crippen LogP contribution in [0.4, 0.5) is 0 Å². The third-order valence-corrected chi connectivity index (χ3v) is 3.60. The zero-order chi connectivity index (χ0) is 11.5. The zero-order valence-corrected chi connectivity index (χ0v) is 10.2. The van der Waals surface area contributed by atoms with Crippen molar-refractivity contribution in [1.82, 2.24) is 9.59 Å². The van der Waals surface area contributed by atoms with E-state index >= 15 is 0 Å². The number of carbonyl (C=O) groups is 1. The summed E-state index contributed by atoms with van der Waals surface area (Å²) >= 11 is 1.03. The third-order valence-electron chi connectivity index (χ3n) is 1.84. The number of carbonyl (C=O) groups excluding carboxylic acids is 1. The smallest absolute Gasteiger partial charge is 0.177 e. The molecule has 0 spiro atoms. The van der Waals surface area contributed by atoms with Gasteiger partial charge in [0.15, 0.2) is 5.78 Å². The minimum Gasteiger partial charge on any atom is -0.293 e. The molecule has 0 radical (unpaired) electrons. The largest absolute Gasteiger partial charge is 0.293 e. The van der Waals surface area contributed by atoms with Crippen LogP contribution in [0.1, 0.15) is 28.7 Å². The normalized spacial score (nSPS) is 11.6. The average molecular weight is 248 g/mol. The summed E-state index contributed by atoms with van der Waals surface area (Å²) in [5, 5.41) is 3.80. The Balaban J connectivity index is 2.70. The second-order valence-electron chi connectivity index (χ2n) is 3.21. The molecular weight excluding hydrogens is 236 g/mol. The lowest BCUT2D eigenvalue weighted by Crippen LogP contribution is -2.09. The number of ketones is 1. The highest BCUT2D eigenvalue weighted by molar-refractivity contribution is 7.90. The van der Waals surface area contributed by atoms with Crippen LogP contribution in [0.3, 0.4) is 0 Å². The van der Waals surface area contributed by atoms with Gasteiger partial charge in [0.2, 0.25) is 0 Å². The van der Waals surface area contributed by atoms with Gasteiger partial charge in [-0.05, 0) is 18.0 Å². The van der Waals surface area contributed by atoms with E-state index in [9.17, 15) is 13.2 Å². The van der Waals surface area contributed by atoms with E-state index in [4.69, 9.17) is 0 Å². The SMILES string of the molecule is CCc1nnsc1C(=O)CCS(C)(=O)=O. The molecule has 1 rings (SSSR count). The first-order chi connectivity index (χ1) is 6.94. The van der Waals surface area contributed by atoms with Gasteiger partial charge in [-0.1, -0.05) is 11.4 Å². The van der Waals surface area contributed by atoms with Gasteiger partial charge in [0.05, 0.1) is 11.4 Å². The quantitative estimate of drug-likeness (QED) is 0.717. The van der Waals surface area contributed by atoms with Crippen LogP contribution in [0.15, 0.2) is 0 Å². The van der Waals surface area contributed by atoms with Gasteiger partial charge >= 0.3 is 0 Å². The summed E-state index contributed by atoms with van der Waals surface area (Å²) in [6, 6.07) is 0. The Morgan fingerprint density at radius 2 is 2.13 bits per heavy atom. The first-order valence-electron chi connectivity index (χ1n) is 4.46. The molecular formula is C8H12N2O3S2. The summed E-state index contributed by atoms with van der Waals surface area (Å²) in [7, 11) is -3.09. The second-order valence-corrected chi connectivity index (χ2v) is 6.22. The minimum atomic E-state index is -3.09. The number of Topliss-reactive ketones (excluding diaryl/α,β-unsaturated/α-hetero) is 1. The number of aromatic nitrogens is 2. The molecule has 0 amide bonds. The topological polar surface area (TPSA) is 77.0 Å². The van der Waals surface area contributed by atoms with Crippen LogP contribution in [-0.2, 0) is 16.3 Å². The van der Waals surface area contributed by atoms with E-state index in [0.29, 0.717) is 17.0 Å². The molecule has 0 saturated heterocycles. The highest BCUT2D eigenvalue weighted by atomic mass is 32.2. The maximum Gasteiger partial charge on any atom is 0.177 e. The molecule has 1 aromatic rings. The lowest BCUT2D eigenvalue weighted by molar-refractivity contribution is 0.0991. The molecule has 7 heteroatoms. The summed E-state index contributed by atoms with van der Waals surface area (Å²) in [5.41, 5.74) is 0.651. The van der Waals surface area contributed by atoms with Crippen LogP contribution in [0.5, 0.6) is 0 Å². The predicted molar refractivity (Wildman–Crippen MR) is 57.9 cm³/mol. The van der Waals surface area contributed by atoms with Gasteiger partial charge in [-0.15, -0.1) is 5.10 Å². The van der Waals surface area contributed by atoms with E-state index < -0.39 is 9.84 Å². The highest BCUT2D eigenvalue weighted by Crippen LogP contribution is 2.13. The van der Waals surface area contributed by atoms with Gasteiger partial charge in [-0.2, -0.15) is 0 Å². The van der Waals surface area contributed by atoms with E-state index in [1.165, 1.54) is 0 Å². The van der Waals surface area contributed by atoms with Gasteiger partial charge < -0.3 is 0 Å². The molecule has 15 heavy (non-hydrogen) atoms. The predicted octanol–water partition coefficient (Wildman–Crippen LogP) is 0.718. The van der Waals surface area contributed by atoms with Gasteiger partial charge in [0, 0.05) is 12.7 Å². The van der Waals surface area contributed by atoms with Crippen LogP contribution >= 0.6 is 11.5 Å². The zero-order valence-electron chi connectivity index (χ0n) is 8.56. The number of sulfone groups is 1. The summed E-state index contributed by atoms with van der Waals surface area (Å²) in [4.78, 5) is 12.1. The summed E-state index contributed by atoms with van der Waals surface area (Å²) < 4.78 is 25.4. The molecule has 0 aliphatic heterocycles. The second kappa shape index (κ2) is 4.80. The Morgan fingerprint density at radius 1 is 1.47 bits per heavy atom. The van der Waals surface area contributed by atoms with Crippen LogP contribution < -0.4 is 0 Å². The maximum absolute atomic E-state index is 11.6. The molecule has 0 fully saturated rings. The molecule has 0 atom stereocenters. The van der Waals surface area contributed by atoms with Crippen molar-refractivity contribution in [2.24, 2.45) is 0 Å². The van der Waals surface area contributed by atoms with Crippen LogP contribution in [-0.4, -0.2) is 35.8 Å². The molecule has 0 saturated carbocycles.